The first-order chi connectivity index (χ1) is 8.96. The van der Waals surface area contributed by atoms with E-state index in [1.165, 1.54) is 32.1 Å². The molecule has 2 nitrogen and oxygen atoms in total. The van der Waals surface area contributed by atoms with E-state index in [0.29, 0.717) is 5.92 Å². The van der Waals surface area contributed by atoms with Gasteiger partial charge in [-0.05, 0) is 48.3 Å². The van der Waals surface area contributed by atoms with Gasteiger partial charge in [-0.25, -0.2) is 0 Å². The van der Waals surface area contributed by atoms with Crippen LogP contribution < -0.4 is 0 Å². The predicted octanol–water partition coefficient (Wildman–Crippen LogP) is 4.26. The van der Waals surface area contributed by atoms with Crippen molar-refractivity contribution >= 4 is 5.97 Å². The lowest BCUT2D eigenvalue weighted by atomic mass is 9.56. The summed E-state index contributed by atoms with van der Waals surface area (Å²) < 4.78 is 0. The molecule has 0 saturated heterocycles. The average molecular weight is 262 g/mol. The van der Waals surface area contributed by atoms with Crippen LogP contribution in [-0.4, -0.2) is 11.1 Å². The first kappa shape index (κ1) is 13.2. The molecule has 2 saturated carbocycles. The Morgan fingerprint density at radius 3 is 2.47 bits per heavy atom. The van der Waals surface area contributed by atoms with Crippen molar-refractivity contribution in [3.05, 3.63) is 12.2 Å². The summed E-state index contributed by atoms with van der Waals surface area (Å²) in [5, 5.41) is 9.39. The second-order valence-electron chi connectivity index (χ2n) is 7.59. The van der Waals surface area contributed by atoms with Gasteiger partial charge in [0.2, 0.25) is 0 Å². The standard InChI is InChI=1S/C17H26O2/c1-16(2,13-6-4-3-5-7-13)17-9-8-12(10-17)14(11-17)15(18)19/h8-9,12-14H,3-7,10-11H2,1-2H3,(H,18,19). The lowest BCUT2D eigenvalue weighted by Crippen LogP contribution is -2.41. The Bertz CT molecular complexity index is 403. The molecular formula is C17H26O2. The largest absolute Gasteiger partial charge is 0.481 e. The quantitative estimate of drug-likeness (QED) is 0.772. The number of fused-ring (bicyclic) bond motifs is 2. The fourth-order valence-electron chi connectivity index (χ4n) is 5.08. The number of carboxylic acids is 1. The number of hydrogen-bond donors (Lipinski definition) is 1. The summed E-state index contributed by atoms with van der Waals surface area (Å²) in [5.41, 5.74) is 0.408. The van der Waals surface area contributed by atoms with Crippen molar-refractivity contribution < 1.29 is 9.90 Å². The van der Waals surface area contributed by atoms with E-state index in [2.05, 4.69) is 26.0 Å². The fourth-order valence-corrected chi connectivity index (χ4v) is 5.08. The van der Waals surface area contributed by atoms with E-state index < -0.39 is 5.97 Å². The summed E-state index contributed by atoms with van der Waals surface area (Å²) in [6.45, 7) is 4.81. The molecule has 0 heterocycles. The molecule has 3 aliphatic carbocycles. The zero-order valence-corrected chi connectivity index (χ0v) is 12.2. The van der Waals surface area contributed by atoms with Crippen LogP contribution in [0.3, 0.4) is 0 Å². The summed E-state index contributed by atoms with van der Waals surface area (Å²) >= 11 is 0. The predicted molar refractivity (Wildman–Crippen MR) is 75.8 cm³/mol. The molecule has 3 atom stereocenters. The summed E-state index contributed by atoms with van der Waals surface area (Å²) in [7, 11) is 0. The van der Waals surface area contributed by atoms with E-state index in [0.717, 1.165) is 18.8 Å². The molecule has 1 N–H and O–H groups in total. The Labute approximate surface area is 116 Å². The number of carbonyl (C=O) groups is 1. The van der Waals surface area contributed by atoms with Gasteiger partial charge in [0.15, 0.2) is 0 Å². The third-order valence-electron chi connectivity index (χ3n) is 6.59. The van der Waals surface area contributed by atoms with Crippen LogP contribution in [0.4, 0.5) is 0 Å². The SMILES string of the molecule is CC(C)(C1CCCCC1)C12C=CC(C1)C(C(=O)O)C2. The zero-order chi connectivity index (χ0) is 13.7. The second kappa shape index (κ2) is 4.36. The fraction of sp³-hybridized carbons (Fsp3) is 0.824. The number of hydrogen-bond acceptors (Lipinski definition) is 1. The van der Waals surface area contributed by atoms with Crippen molar-refractivity contribution in [1.29, 1.82) is 0 Å². The molecule has 3 unspecified atom stereocenters. The first-order valence-electron chi connectivity index (χ1n) is 7.88. The van der Waals surface area contributed by atoms with Gasteiger partial charge >= 0.3 is 5.97 Å². The molecular weight excluding hydrogens is 236 g/mol. The summed E-state index contributed by atoms with van der Waals surface area (Å²) in [6, 6.07) is 0. The van der Waals surface area contributed by atoms with Gasteiger partial charge in [-0.15, -0.1) is 0 Å². The Balaban J connectivity index is 1.85. The van der Waals surface area contributed by atoms with E-state index in [9.17, 15) is 9.90 Å². The van der Waals surface area contributed by atoms with Crippen LogP contribution in [0.1, 0.15) is 58.8 Å². The first-order valence-corrected chi connectivity index (χ1v) is 7.88. The number of rotatable bonds is 3. The van der Waals surface area contributed by atoms with Crippen molar-refractivity contribution in [2.24, 2.45) is 28.6 Å². The lowest BCUT2D eigenvalue weighted by molar-refractivity contribution is -0.143. The van der Waals surface area contributed by atoms with Crippen molar-refractivity contribution in [3.8, 4) is 0 Å². The Morgan fingerprint density at radius 1 is 1.21 bits per heavy atom. The Kier molecular flexibility index (Phi) is 3.03. The maximum Gasteiger partial charge on any atom is 0.307 e. The van der Waals surface area contributed by atoms with Gasteiger partial charge in [-0.2, -0.15) is 0 Å². The highest BCUT2D eigenvalue weighted by Gasteiger charge is 2.58. The van der Waals surface area contributed by atoms with Crippen LogP contribution in [0.5, 0.6) is 0 Å². The molecule has 0 aromatic carbocycles. The highest BCUT2D eigenvalue weighted by atomic mass is 16.4. The third-order valence-corrected chi connectivity index (χ3v) is 6.59. The molecule has 2 bridgehead atoms. The number of aliphatic carboxylic acids is 1. The average Bonchev–Trinajstić information content (AvgIpc) is 2.99. The van der Waals surface area contributed by atoms with E-state index in [-0.39, 0.29) is 16.7 Å². The van der Waals surface area contributed by atoms with Gasteiger partial charge in [-0.1, -0.05) is 45.3 Å². The van der Waals surface area contributed by atoms with Gasteiger partial charge in [0, 0.05) is 0 Å². The van der Waals surface area contributed by atoms with Crippen LogP contribution in [0.2, 0.25) is 0 Å². The zero-order valence-electron chi connectivity index (χ0n) is 12.2. The molecule has 0 amide bonds. The van der Waals surface area contributed by atoms with Crippen LogP contribution >= 0.6 is 0 Å². The Morgan fingerprint density at radius 2 is 1.89 bits per heavy atom. The molecule has 0 radical (unpaired) electrons. The van der Waals surface area contributed by atoms with Crippen molar-refractivity contribution in [2.45, 2.75) is 58.8 Å². The molecule has 0 aromatic heterocycles. The highest BCUT2D eigenvalue weighted by Crippen LogP contribution is 2.64. The highest BCUT2D eigenvalue weighted by molar-refractivity contribution is 5.72. The molecule has 0 aliphatic heterocycles. The van der Waals surface area contributed by atoms with Gasteiger partial charge in [0.1, 0.15) is 0 Å². The van der Waals surface area contributed by atoms with Crippen LogP contribution in [-0.2, 0) is 4.79 Å². The molecule has 0 aromatic rings. The molecule has 19 heavy (non-hydrogen) atoms. The van der Waals surface area contributed by atoms with Gasteiger partial charge in [0.25, 0.3) is 0 Å². The summed E-state index contributed by atoms with van der Waals surface area (Å²) in [4.78, 5) is 11.4. The third kappa shape index (κ3) is 1.86. The number of allylic oxidation sites excluding steroid dienone is 2. The molecule has 3 rings (SSSR count). The van der Waals surface area contributed by atoms with E-state index in [1.807, 2.05) is 0 Å². The molecule has 106 valence electrons. The topological polar surface area (TPSA) is 37.3 Å². The van der Waals surface area contributed by atoms with Crippen molar-refractivity contribution in [1.82, 2.24) is 0 Å². The second-order valence-corrected chi connectivity index (χ2v) is 7.59. The van der Waals surface area contributed by atoms with Crippen LogP contribution in [0.25, 0.3) is 0 Å². The van der Waals surface area contributed by atoms with E-state index in [1.54, 1.807) is 0 Å². The summed E-state index contributed by atoms with van der Waals surface area (Å²) in [5.74, 6) is 0.348. The van der Waals surface area contributed by atoms with Gasteiger partial charge in [-0.3, -0.25) is 4.79 Å². The molecule has 2 fully saturated rings. The van der Waals surface area contributed by atoms with E-state index >= 15 is 0 Å². The van der Waals surface area contributed by atoms with Crippen LogP contribution in [0, 0.1) is 28.6 Å². The van der Waals surface area contributed by atoms with Crippen molar-refractivity contribution in [2.75, 3.05) is 0 Å². The Hall–Kier alpha value is -0.790. The summed E-state index contributed by atoms with van der Waals surface area (Å²) in [6.07, 6.45) is 13.3. The van der Waals surface area contributed by atoms with Gasteiger partial charge < -0.3 is 5.11 Å². The maximum absolute atomic E-state index is 11.4. The number of carboxylic acid groups (broad SMARTS) is 1. The van der Waals surface area contributed by atoms with E-state index in [4.69, 9.17) is 0 Å². The lowest BCUT2D eigenvalue weighted by Gasteiger charge is -2.49. The normalized spacial score (nSPS) is 38.8. The minimum Gasteiger partial charge on any atom is -0.481 e. The maximum atomic E-state index is 11.4. The van der Waals surface area contributed by atoms with Crippen LogP contribution in [0.15, 0.2) is 12.2 Å². The van der Waals surface area contributed by atoms with Crippen molar-refractivity contribution in [3.63, 3.8) is 0 Å². The molecule has 3 aliphatic rings. The molecule has 0 spiro atoms. The smallest absolute Gasteiger partial charge is 0.307 e. The minimum absolute atomic E-state index is 0.132. The minimum atomic E-state index is -0.587. The monoisotopic (exact) mass is 262 g/mol. The van der Waals surface area contributed by atoms with Gasteiger partial charge in [0.05, 0.1) is 5.92 Å². The molecule has 2 heteroatoms.